The highest BCUT2D eigenvalue weighted by Crippen LogP contribution is 2.28. The highest BCUT2D eigenvalue weighted by Gasteiger charge is 2.20. The van der Waals surface area contributed by atoms with Gasteiger partial charge in [0.1, 0.15) is 0 Å². The van der Waals surface area contributed by atoms with Gasteiger partial charge in [-0.25, -0.2) is 4.79 Å². The van der Waals surface area contributed by atoms with Crippen molar-refractivity contribution in [3.05, 3.63) is 35.4 Å². The van der Waals surface area contributed by atoms with Crippen LogP contribution in [0.2, 0.25) is 0 Å². The quantitative estimate of drug-likeness (QED) is 0.883. The lowest BCUT2D eigenvalue weighted by Crippen LogP contribution is -2.33. The number of aromatic carboxylic acids is 1. The van der Waals surface area contributed by atoms with Gasteiger partial charge in [-0.05, 0) is 62.5 Å². The predicted octanol–water partition coefficient (Wildman–Crippen LogP) is 3.36. The lowest BCUT2D eigenvalue weighted by Gasteiger charge is -2.32. The van der Waals surface area contributed by atoms with Gasteiger partial charge in [0.25, 0.3) is 0 Å². The fraction of sp³-hybridized carbons (Fsp3) is 0.562. The molecule has 0 radical (unpaired) electrons. The summed E-state index contributed by atoms with van der Waals surface area (Å²) in [4.78, 5) is 13.4. The summed E-state index contributed by atoms with van der Waals surface area (Å²) in [6, 6.07) is 7.41. The maximum Gasteiger partial charge on any atom is 0.335 e. The third kappa shape index (κ3) is 3.80. The van der Waals surface area contributed by atoms with Gasteiger partial charge in [-0.15, -0.1) is 0 Å². The van der Waals surface area contributed by atoms with Crippen LogP contribution in [0.3, 0.4) is 0 Å². The Kier molecular flexibility index (Phi) is 4.97. The summed E-state index contributed by atoms with van der Waals surface area (Å²) in [6.45, 7) is 5.80. The first kappa shape index (κ1) is 14.1. The molecule has 1 saturated heterocycles. The van der Waals surface area contributed by atoms with Crippen molar-refractivity contribution in [1.82, 2.24) is 4.90 Å². The Bertz CT molecular complexity index is 405. The van der Waals surface area contributed by atoms with Crippen molar-refractivity contribution in [3.63, 3.8) is 0 Å². The number of likely N-dealkylation sites (tertiary alicyclic amines) is 1. The number of rotatable bonds is 5. The molecular weight excluding hydrogens is 238 g/mol. The minimum Gasteiger partial charge on any atom is -0.478 e. The molecule has 1 aliphatic rings. The molecule has 0 aliphatic carbocycles. The molecule has 1 heterocycles. The number of carbonyl (C=O) groups is 1. The number of unbranched alkanes of at least 4 members (excludes halogenated alkanes) is 1. The van der Waals surface area contributed by atoms with Crippen LogP contribution < -0.4 is 0 Å². The van der Waals surface area contributed by atoms with Gasteiger partial charge < -0.3 is 10.0 Å². The largest absolute Gasteiger partial charge is 0.478 e. The maximum atomic E-state index is 10.8. The summed E-state index contributed by atoms with van der Waals surface area (Å²) in [5.74, 6) is -0.248. The fourth-order valence-corrected chi connectivity index (χ4v) is 2.77. The molecule has 0 spiro atoms. The number of hydrogen-bond donors (Lipinski definition) is 1. The topological polar surface area (TPSA) is 40.5 Å². The molecule has 1 fully saturated rings. The summed E-state index contributed by atoms with van der Waals surface area (Å²) in [5.41, 5.74) is 1.67. The van der Waals surface area contributed by atoms with E-state index in [1.807, 2.05) is 12.1 Å². The smallest absolute Gasteiger partial charge is 0.335 e. The second kappa shape index (κ2) is 6.71. The lowest BCUT2D eigenvalue weighted by molar-refractivity contribution is 0.0697. The number of carboxylic acid groups (broad SMARTS) is 1. The Labute approximate surface area is 115 Å². The SMILES string of the molecule is CCCCN1CCC(c2ccc(C(=O)O)cc2)CC1. The number of benzene rings is 1. The van der Waals surface area contributed by atoms with Crippen LogP contribution in [-0.2, 0) is 0 Å². The molecule has 1 N–H and O–H groups in total. The number of hydrogen-bond acceptors (Lipinski definition) is 2. The van der Waals surface area contributed by atoms with Gasteiger partial charge >= 0.3 is 5.97 Å². The molecule has 1 aromatic carbocycles. The fourth-order valence-electron chi connectivity index (χ4n) is 2.77. The van der Waals surface area contributed by atoms with E-state index in [1.165, 1.54) is 50.9 Å². The Morgan fingerprint density at radius 3 is 2.42 bits per heavy atom. The lowest BCUT2D eigenvalue weighted by atomic mass is 9.89. The van der Waals surface area contributed by atoms with Crippen molar-refractivity contribution < 1.29 is 9.90 Å². The maximum absolute atomic E-state index is 10.8. The monoisotopic (exact) mass is 261 g/mol. The van der Waals surface area contributed by atoms with Crippen LogP contribution in [0, 0.1) is 0 Å². The van der Waals surface area contributed by atoms with E-state index in [0.717, 1.165) is 0 Å². The average Bonchev–Trinajstić information content (AvgIpc) is 2.46. The number of carboxylic acids is 1. The van der Waals surface area contributed by atoms with E-state index in [2.05, 4.69) is 11.8 Å². The van der Waals surface area contributed by atoms with Crippen LogP contribution in [0.1, 0.15) is 54.4 Å². The van der Waals surface area contributed by atoms with Crippen molar-refractivity contribution in [2.24, 2.45) is 0 Å². The Hall–Kier alpha value is -1.35. The summed E-state index contributed by atoms with van der Waals surface area (Å²) < 4.78 is 0. The van der Waals surface area contributed by atoms with Crippen LogP contribution in [0.15, 0.2) is 24.3 Å². The summed E-state index contributed by atoms with van der Waals surface area (Å²) in [7, 11) is 0. The average molecular weight is 261 g/mol. The minimum absolute atomic E-state index is 0.379. The third-order valence-corrected chi connectivity index (χ3v) is 4.04. The van der Waals surface area contributed by atoms with Gasteiger partial charge in [0.15, 0.2) is 0 Å². The van der Waals surface area contributed by atoms with Crippen LogP contribution in [-0.4, -0.2) is 35.6 Å². The van der Waals surface area contributed by atoms with Gasteiger partial charge in [0.2, 0.25) is 0 Å². The van der Waals surface area contributed by atoms with E-state index in [0.29, 0.717) is 11.5 Å². The number of piperidine rings is 1. The molecule has 0 aromatic heterocycles. The van der Waals surface area contributed by atoms with Crippen LogP contribution in [0.5, 0.6) is 0 Å². The first-order valence-corrected chi connectivity index (χ1v) is 7.26. The second-order valence-corrected chi connectivity index (χ2v) is 5.40. The molecular formula is C16H23NO2. The zero-order valence-electron chi connectivity index (χ0n) is 11.6. The summed E-state index contributed by atoms with van der Waals surface area (Å²) in [6.07, 6.45) is 4.93. The van der Waals surface area contributed by atoms with E-state index in [4.69, 9.17) is 5.11 Å². The summed E-state index contributed by atoms with van der Waals surface area (Å²) in [5, 5.41) is 8.90. The molecule has 0 amide bonds. The van der Waals surface area contributed by atoms with Crippen LogP contribution in [0.4, 0.5) is 0 Å². The molecule has 0 unspecified atom stereocenters. The molecule has 3 nitrogen and oxygen atoms in total. The van der Waals surface area contributed by atoms with E-state index in [-0.39, 0.29) is 0 Å². The Morgan fingerprint density at radius 1 is 1.26 bits per heavy atom. The minimum atomic E-state index is -0.846. The van der Waals surface area contributed by atoms with E-state index in [1.54, 1.807) is 12.1 Å². The molecule has 0 bridgehead atoms. The first-order valence-electron chi connectivity index (χ1n) is 7.26. The standard InChI is InChI=1S/C16H23NO2/c1-2-3-10-17-11-8-14(9-12-17)13-4-6-15(7-5-13)16(18)19/h4-7,14H,2-3,8-12H2,1H3,(H,18,19). The van der Waals surface area contributed by atoms with Crippen LogP contribution in [0.25, 0.3) is 0 Å². The summed E-state index contributed by atoms with van der Waals surface area (Å²) >= 11 is 0. The predicted molar refractivity (Wildman–Crippen MR) is 76.7 cm³/mol. The molecule has 0 saturated carbocycles. The van der Waals surface area contributed by atoms with Crippen molar-refractivity contribution in [3.8, 4) is 0 Å². The Morgan fingerprint density at radius 2 is 1.89 bits per heavy atom. The van der Waals surface area contributed by atoms with Gasteiger partial charge in [-0.3, -0.25) is 0 Å². The molecule has 2 rings (SSSR count). The molecule has 19 heavy (non-hydrogen) atoms. The molecule has 1 aromatic rings. The third-order valence-electron chi connectivity index (χ3n) is 4.04. The second-order valence-electron chi connectivity index (χ2n) is 5.40. The van der Waals surface area contributed by atoms with E-state index in [9.17, 15) is 4.79 Å². The molecule has 1 aliphatic heterocycles. The van der Waals surface area contributed by atoms with Crippen LogP contribution >= 0.6 is 0 Å². The Balaban J connectivity index is 1.88. The zero-order valence-corrected chi connectivity index (χ0v) is 11.6. The first-order chi connectivity index (χ1) is 9.20. The van der Waals surface area contributed by atoms with E-state index < -0.39 is 5.97 Å². The van der Waals surface area contributed by atoms with Gasteiger partial charge in [-0.1, -0.05) is 25.5 Å². The molecule has 0 atom stereocenters. The van der Waals surface area contributed by atoms with Crippen molar-refractivity contribution in [2.75, 3.05) is 19.6 Å². The highest BCUT2D eigenvalue weighted by atomic mass is 16.4. The van der Waals surface area contributed by atoms with E-state index >= 15 is 0 Å². The van der Waals surface area contributed by atoms with Gasteiger partial charge in [-0.2, -0.15) is 0 Å². The van der Waals surface area contributed by atoms with Crippen molar-refractivity contribution in [2.45, 2.75) is 38.5 Å². The van der Waals surface area contributed by atoms with Crippen molar-refractivity contribution >= 4 is 5.97 Å². The zero-order chi connectivity index (χ0) is 13.7. The normalized spacial score (nSPS) is 17.5. The van der Waals surface area contributed by atoms with Gasteiger partial charge in [0, 0.05) is 0 Å². The molecule has 3 heteroatoms. The van der Waals surface area contributed by atoms with Crippen molar-refractivity contribution in [1.29, 1.82) is 0 Å². The number of nitrogens with zero attached hydrogens (tertiary/aromatic N) is 1. The highest BCUT2D eigenvalue weighted by molar-refractivity contribution is 5.87. The van der Waals surface area contributed by atoms with Gasteiger partial charge in [0.05, 0.1) is 5.56 Å². The molecule has 104 valence electrons.